The molecule has 2 aromatic rings. The van der Waals surface area contributed by atoms with Crippen molar-refractivity contribution in [1.82, 2.24) is 0 Å². The van der Waals surface area contributed by atoms with Crippen molar-refractivity contribution in [2.75, 3.05) is 0 Å². The molecule has 1 aromatic carbocycles. The minimum absolute atomic E-state index is 0.261. The minimum atomic E-state index is -0.998. The largest absolute Gasteiger partial charge is 0.478 e. The predicted molar refractivity (Wildman–Crippen MR) is 66.2 cm³/mol. The van der Waals surface area contributed by atoms with Crippen LogP contribution in [0.4, 0.5) is 0 Å². The van der Waals surface area contributed by atoms with Crippen molar-refractivity contribution < 1.29 is 19.1 Å². The van der Waals surface area contributed by atoms with Crippen molar-refractivity contribution in [3.63, 3.8) is 0 Å². The SMILES string of the molecule is O=Cc1ccc(-c2cccc(C=CC(=O)O)c2)o1. The Labute approximate surface area is 103 Å². The van der Waals surface area contributed by atoms with E-state index in [1.54, 1.807) is 30.3 Å². The smallest absolute Gasteiger partial charge is 0.328 e. The number of carbonyl (C=O) groups excluding carboxylic acids is 1. The van der Waals surface area contributed by atoms with Gasteiger partial charge in [-0.1, -0.05) is 18.2 Å². The zero-order valence-electron chi connectivity index (χ0n) is 9.37. The summed E-state index contributed by atoms with van der Waals surface area (Å²) < 4.78 is 5.29. The van der Waals surface area contributed by atoms with Gasteiger partial charge in [0.25, 0.3) is 0 Å². The van der Waals surface area contributed by atoms with Crippen LogP contribution in [0, 0.1) is 0 Å². The molecule has 0 aliphatic carbocycles. The molecule has 0 aliphatic heterocycles. The molecular formula is C14H10O4. The average Bonchev–Trinajstić information content (AvgIpc) is 2.85. The van der Waals surface area contributed by atoms with Crippen molar-refractivity contribution in [2.45, 2.75) is 0 Å². The summed E-state index contributed by atoms with van der Waals surface area (Å²) in [7, 11) is 0. The Morgan fingerprint density at radius 2 is 2.06 bits per heavy atom. The fraction of sp³-hybridized carbons (Fsp3) is 0. The van der Waals surface area contributed by atoms with Gasteiger partial charge in [0.2, 0.25) is 0 Å². The zero-order valence-corrected chi connectivity index (χ0v) is 9.37. The molecule has 0 aliphatic rings. The summed E-state index contributed by atoms with van der Waals surface area (Å²) in [6.45, 7) is 0. The predicted octanol–water partition coefficient (Wildman–Crippen LogP) is 2.86. The number of hydrogen-bond acceptors (Lipinski definition) is 3. The van der Waals surface area contributed by atoms with Gasteiger partial charge in [0, 0.05) is 11.6 Å². The first-order valence-corrected chi connectivity index (χ1v) is 5.25. The fourth-order valence-corrected chi connectivity index (χ4v) is 1.53. The number of aldehydes is 1. The van der Waals surface area contributed by atoms with Gasteiger partial charge >= 0.3 is 5.97 Å². The highest BCUT2D eigenvalue weighted by atomic mass is 16.4. The first-order chi connectivity index (χ1) is 8.69. The maximum Gasteiger partial charge on any atom is 0.328 e. The van der Waals surface area contributed by atoms with Crippen LogP contribution in [0.1, 0.15) is 16.1 Å². The molecule has 2 rings (SSSR count). The summed E-state index contributed by atoms with van der Waals surface area (Å²) in [5.74, 6) is -0.166. The Morgan fingerprint density at radius 1 is 1.22 bits per heavy atom. The van der Waals surface area contributed by atoms with Crippen molar-refractivity contribution in [2.24, 2.45) is 0 Å². The molecule has 0 amide bonds. The molecule has 4 nitrogen and oxygen atoms in total. The molecule has 0 unspecified atom stereocenters. The molecule has 1 heterocycles. The lowest BCUT2D eigenvalue weighted by Crippen LogP contribution is -1.85. The lowest BCUT2D eigenvalue weighted by molar-refractivity contribution is -0.131. The monoisotopic (exact) mass is 242 g/mol. The Hall–Kier alpha value is -2.62. The van der Waals surface area contributed by atoms with Gasteiger partial charge in [-0.2, -0.15) is 0 Å². The third-order valence-corrected chi connectivity index (χ3v) is 2.33. The summed E-state index contributed by atoms with van der Waals surface area (Å²) in [5, 5.41) is 8.55. The van der Waals surface area contributed by atoms with E-state index in [1.165, 1.54) is 6.08 Å². The van der Waals surface area contributed by atoms with Gasteiger partial charge in [-0.05, 0) is 29.8 Å². The van der Waals surface area contributed by atoms with E-state index in [2.05, 4.69) is 0 Å². The Kier molecular flexibility index (Phi) is 3.38. The number of furan rings is 1. The van der Waals surface area contributed by atoms with Crippen LogP contribution in [-0.2, 0) is 4.79 Å². The van der Waals surface area contributed by atoms with Crippen LogP contribution in [-0.4, -0.2) is 17.4 Å². The van der Waals surface area contributed by atoms with Gasteiger partial charge in [0.1, 0.15) is 5.76 Å². The maximum absolute atomic E-state index is 10.5. The number of hydrogen-bond donors (Lipinski definition) is 1. The molecule has 0 fully saturated rings. The zero-order chi connectivity index (χ0) is 13.0. The molecule has 1 aromatic heterocycles. The molecule has 0 radical (unpaired) electrons. The second-order valence-electron chi connectivity index (χ2n) is 3.62. The van der Waals surface area contributed by atoms with E-state index in [4.69, 9.17) is 9.52 Å². The van der Waals surface area contributed by atoms with Crippen molar-refractivity contribution in [1.29, 1.82) is 0 Å². The highest BCUT2D eigenvalue weighted by Crippen LogP contribution is 2.22. The third kappa shape index (κ3) is 2.74. The number of aliphatic carboxylic acids is 1. The minimum Gasteiger partial charge on any atom is -0.478 e. The second kappa shape index (κ2) is 5.14. The Balaban J connectivity index is 2.31. The van der Waals surface area contributed by atoms with E-state index in [0.717, 1.165) is 17.2 Å². The van der Waals surface area contributed by atoms with Gasteiger partial charge in [0.05, 0.1) is 0 Å². The van der Waals surface area contributed by atoms with Crippen LogP contribution in [0.3, 0.4) is 0 Å². The van der Waals surface area contributed by atoms with Crippen LogP contribution in [0.15, 0.2) is 46.9 Å². The lowest BCUT2D eigenvalue weighted by Gasteiger charge is -1.98. The molecule has 0 saturated carbocycles. The normalized spacial score (nSPS) is 10.7. The molecule has 0 spiro atoms. The van der Waals surface area contributed by atoms with E-state index < -0.39 is 5.97 Å². The quantitative estimate of drug-likeness (QED) is 0.661. The van der Waals surface area contributed by atoms with Crippen LogP contribution in [0.5, 0.6) is 0 Å². The summed E-state index contributed by atoms with van der Waals surface area (Å²) in [6.07, 6.45) is 3.20. The van der Waals surface area contributed by atoms with Crippen LogP contribution < -0.4 is 0 Å². The molecule has 90 valence electrons. The summed E-state index contributed by atoms with van der Waals surface area (Å²) in [6, 6.07) is 10.5. The topological polar surface area (TPSA) is 67.5 Å². The second-order valence-corrected chi connectivity index (χ2v) is 3.62. The molecule has 0 saturated heterocycles. The van der Waals surface area contributed by atoms with E-state index in [9.17, 15) is 9.59 Å². The summed E-state index contributed by atoms with van der Waals surface area (Å²) >= 11 is 0. The van der Waals surface area contributed by atoms with Gasteiger partial charge in [0.15, 0.2) is 12.0 Å². The average molecular weight is 242 g/mol. The fourth-order valence-electron chi connectivity index (χ4n) is 1.53. The number of carboxylic acid groups (broad SMARTS) is 1. The van der Waals surface area contributed by atoms with Crippen molar-refractivity contribution >= 4 is 18.3 Å². The van der Waals surface area contributed by atoms with Gasteiger partial charge in [-0.3, -0.25) is 4.79 Å². The van der Waals surface area contributed by atoms with Crippen LogP contribution in [0.25, 0.3) is 17.4 Å². The molecule has 0 atom stereocenters. The van der Waals surface area contributed by atoms with Crippen LogP contribution in [0.2, 0.25) is 0 Å². The number of benzene rings is 1. The number of carboxylic acids is 1. The standard InChI is InChI=1S/C14H10O4/c15-9-12-5-6-13(18-12)11-3-1-2-10(8-11)4-7-14(16)17/h1-9H,(H,16,17). The van der Waals surface area contributed by atoms with Gasteiger partial charge in [-0.15, -0.1) is 0 Å². The van der Waals surface area contributed by atoms with E-state index in [-0.39, 0.29) is 5.76 Å². The van der Waals surface area contributed by atoms with E-state index in [1.807, 2.05) is 6.07 Å². The first-order valence-electron chi connectivity index (χ1n) is 5.25. The molecule has 18 heavy (non-hydrogen) atoms. The number of rotatable bonds is 4. The highest BCUT2D eigenvalue weighted by molar-refractivity contribution is 5.85. The highest BCUT2D eigenvalue weighted by Gasteiger charge is 2.04. The molecule has 1 N–H and O–H groups in total. The number of carbonyl (C=O) groups is 2. The van der Waals surface area contributed by atoms with Gasteiger partial charge in [-0.25, -0.2) is 4.79 Å². The van der Waals surface area contributed by atoms with Crippen LogP contribution >= 0.6 is 0 Å². The lowest BCUT2D eigenvalue weighted by atomic mass is 10.1. The molecule has 0 bridgehead atoms. The molecular weight excluding hydrogens is 232 g/mol. The van der Waals surface area contributed by atoms with E-state index in [0.29, 0.717) is 12.0 Å². The summed E-state index contributed by atoms with van der Waals surface area (Å²) in [4.78, 5) is 21.0. The Bertz CT molecular complexity index is 608. The van der Waals surface area contributed by atoms with Crippen molar-refractivity contribution in [3.05, 3.63) is 53.8 Å². The Morgan fingerprint density at radius 3 is 2.72 bits per heavy atom. The third-order valence-electron chi connectivity index (χ3n) is 2.33. The van der Waals surface area contributed by atoms with Crippen molar-refractivity contribution in [3.8, 4) is 11.3 Å². The maximum atomic E-state index is 10.5. The summed E-state index contributed by atoms with van der Waals surface area (Å²) in [5.41, 5.74) is 1.54. The van der Waals surface area contributed by atoms with Gasteiger partial charge < -0.3 is 9.52 Å². The molecule has 4 heteroatoms. The van der Waals surface area contributed by atoms with E-state index >= 15 is 0 Å². The first kappa shape index (κ1) is 11.9.